The van der Waals surface area contributed by atoms with Gasteiger partial charge in [0.1, 0.15) is 5.82 Å². The Kier molecular flexibility index (Phi) is 5.80. The highest BCUT2D eigenvalue weighted by Gasteiger charge is 2.03. The summed E-state index contributed by atoms with van der Waals surface area (Å²) in [5, 5.41) is 3.83. The zero-order valence-corrected chi connectivity index (χ0v) is 13.2. The molecule has 0 spiro atoms. The molecule has 0 aromatic carbocycles. The van der Waals surface area contributed by atoms with Crippen LogP contribution in [0.2, 0.25) is 0 Å². The molecule has 2 aromatic rings. The van der Waals surface area contributed by atoms with Gasteiger partial charge in [-0.05, 0) is 25.0 Å². The van der Waals surface area contributed by atoms with E-state index in [0.29, 0.717) is 5.16 Å². The summed E-state index contributed by atoms with van der Waals surface area (Å²) in [4.78, 5) is 23.1. The number of aromatic nitrogens is 3. The maximum Gasteiger partial charge on any atom is 0.251 e. The SMILES string of the molecule is CCCc1cc(=O)[nH]c(SCc2ccc(NCC)nc2)n1. The summed E-state index contributed by atoms with van der Waals surface area (Å²) in [5.74, 6) is 1.61. The van der Waals surface area contributed by atoms with Crippen LogP contribution in [0.5, 0.6) is 0 Å². The van der Waals surface area contributed by atoms with E-state index >= 15 is 0 Å². The summed E-state index contributed by atoms with van der Waals surface area (Å²) in [6, 6.07) is 5.56. The molecule has 6 heteroatoms. The van der Waals surface area contributed by atoms with Gasteiger partial charge in [-0.1, -0.05) is 31.2 Å². The molecule has 0 unspecified atom stereocenters. The van der Waals surface area contributed by atoms with Crippen molar-refractivity contribution >= 4 is 17.6 Å². The predicted octanol–water partition coefficient (Wildman–Crippen LogP) is 2.84. The van der Waals surface area contributed by atoms with Gasteiger partial charge in [0, 0.05) is 30.3 Å². The van der Waals surface area contributed by atoms with Gasteiger partial charge < -0.3 is 10.3 Å². The van der Waals surface area contributed by atoms with Crippen LogP contribution in [-0.2, 0) is 12.2 Å². The molecular formula is C15H20N4OS. The molecule has 0 saturated carbocycles. The minimum atomic E-state index is -0.0865. The van der Waals surface area contributed by atoms with E-state index < -0.39 is 0 Å². The maximum absolute atomic E-state index is 11.6. The highest BCUT2D eigenvalue weighted by Crippen LogP contribution is 2.18. The number of rotatable bonds is 7. The molecule has 21 heavy (non-hydrogen) atoms. The Balaban J connectivity index is 2.00. The summed E-state index contributed by atoms with van der Waals surface area (Å²) < 4.78 is 0. The molecule has 0 amide bonds. The number of thioether (sulfide) groups is 1. The quantitative estimate of drug-likeness (QED) is 0.608. The molecule has 112 valence electrons. The van der Waals surface area contributed by atoms with E-state index in [-0.39, 0.29) is 5.56 Å². The van der Waals surface area contributed by atoms with Crippen LogP contribution in [0, 0.1) is 0 Å². The van der Waals surface area contributed by atoms with Gasteiger partial charge in [-0.25, -0.2) is 9.97 Å². The second-order valence-electron chi connectivity index (χ2n) is 4.66. The number of aryl methyl sites for hydroxylation is 1. The van der Waals surface area contributed by atoms with E-state index in [0.717, 1.165) is 42.2 Å². The molecular weight excluding hydrogens is 284 g/mol. The Bertz CT molecular complexity index is 624. The summed E-state index contributed by atoms with van der Waals surface area (Å²) in [6.07, 6.45) is 3.66. The zero-order valence-electron chi connectivity index (χ0n) is 12.3. The molecule has 0 aliphatic rings. The van der Waals surface area contributed by atoms with Gasteiger partial charge in [-0.3, -0.25) is 4.79 Å². The lowest BCUT2D eigenvalue weighted by molar-refractivity contribution is 0.816. The number of hydrogen-bond donors (Lipinski definition) is 2. The number of nitrogens with one attached hydrogen (secondary N) is 2. The smallest absolute Gasteiger partial charge is 0.251 e. The minimum absolute atomic E-state index is 0.0865. The van der Waals surface area contributed by atoms with Gasteiger partial charge in [0.05, 0.1) is 0 Å². The third kappa shape index (κ3) is 4.90. The van der Waals surface area contributed by atoms with Gasteiger partial charge in [-0.15, -0.1) is 0 Å². The largest absolute Gasteiger partial charge is 0.370 e. The van der Waals surface area contributed by atoms with Crippen molar-refractivity contribution in [3.8, 4) is 0 Å². The first-order valence-electron chi connectivity index (χ1n) is 7.13. The number of nitrogens with zero attached hydrogens (tertiary/aromatic N) is 2. The maximum atomic E-state index is 11.6. The molecule has 2 N–H and O–H groups in total. The van der Waals surface area contributed by atoms with Crippen molar-refractivity contribution in [2.45, 2.75) is 37.6 Å². The fourth-order valence-electron chi connectivity index (χ4n) is 1.88. The monoisotopic (exact) mass is 304 g/mol. The van der Waals surface area contributed by atoms with Crippen molar-refractivity contribution in [2.24, 2.45) is 0 Å². The van der Waals surface area contributed by atoms with Crippen LogP contribution in [0.25, 0.3) is 0 Å². The van der Waals surface area contributed by atoms with Gasteiger partial charge in [0.2, 0.25) is 0 Å². The van der Waals surface area contributed by atoms with Crippen LogP contribution < -0.4 is 10.9 Å². The second kappa shape index (κ2) is 7.83. The highest BCUT2D eigenvalue weighted by atomic mass is 32.2. The van der Waals surface area contributed by atoms with E-state index in [4.69, 9.17) is 0 Å². The Labute approximate surface area is 128 Å². The molecule has 2 aromatic heterocycles. The lowest BCUT2D eigenvalue weighted by Crippen LogP contribution is -2.10. The molecule has 0 radical (unpaired) electrons. The third-order valence-corrected chi connectivity index (χ3v) is 3.78. The number of pyridine rings is 1. The molecule has 0 bridgehead atoms. The van der Waals surface area contributed by atoms with Crippen molar-refractivity contribution in [1.29, 1.82) is 0 Å². The minimum Gasteiger partial charge on any atom is -0.370 e. The molecule has 2 heterocycles. The van der Waals surface area contributed by atoms with Crippen LogP contribution in [0.4, 0.5) is 5.82 Å². The zero-order chi connectivity index (χ0) is 15.1. The van der Waals surface area contributed by atoms with Crippen LogP contribution in [0.1, 0.15) is 31.5 Å². The third-order valence-electron chi connectivity index (χ3n) is 2.84. The number of H-pyrrole nitrogens is 1. The summed E-state index contributed by atoms with van der Waals surface area (Å²) in [6.45, 7) is 4.97. The van der Waals surface area contributed by atoms with E-state index in [9.17, 15) is 4.79 Å². The van der Waals surface area contributed by atoms with Gasteiger partial charge in [0.15, 0.2) is 5.16 Å². The van der Waals surface area contributed by atoms with Crippen molar-refractivity contribution in [1.82, 2.24) is 15.0 Å². The van der Waals surface area contributed by atoms with Crippen LogP contribution in [0.3, 0.4) is 0 Å². The van der Waals surface area contributed by atoms with Gasteiger partial charge in [-0.2, -0.15) is 0 Å². The Hall–Kier alpha value is -1.82. The average Bonchev–Trinajstić information content (AvgIpc) is 2.47. The summed E-state index contributed by atoms with van der Waals surface area (Å²) in [5.41, 5.74) is 1.87. The Morgan fingerprint density at radius 3 is 2.86 bits per heavy atom. The first kappa shape index (κ1) is 15.6. The first-order chi connectivity index (χ1) is 10.2. The molecule has 0 atom stereocenters. The standard InChI is InChI=1S/C15H20N4OS/c1-3-5-12-8-14(20)19-15(18-12)21-10-11-6-7-13(16-4-2)17-9-11/h6-9H,3-5,10H2,1-2H3,(H,16,17)(H,18,19,20). The van der Waals surface area contributed by atoms with Crippen molar-refractivity contribution in [2.75, 3.05) is 11.9 Å². The molecule has 2 rings (SSSR count). The normalized spacial score (nSPS) is 10.6. The van der Waals surface area contributed by atoms with Crippen molar-refractivity contribution in [3.63, 3.8) is 0 Å². The fourth-order valence-corrected chi connectivity index (χ4v) is 2.71. The van der Waals surface area contributed by atoms with Gasteiger partial charge in [0.25, 0.3) is 5.56 Å². The van der Waals surface area contributed by atoms with E-state index in [1.54, 1.807) is 6.07 Å². The van der Waals surface area contributed by atoms with Gasteiger partial charge >= 0.3 is 0 Å². The van der Waals surface area contributed by atoms with E-state index in [1.165, 1.54) is 11.8 Å². The Morgan fingerprint density at radius 2 is 2.19 bits per heavy atom. The lowest BCUT2D eigenvalue weighted by Gasteiger charge is -2.05. The number of anilines is 1. The van der Waals surface area contributed by atoms with Crippen LogP contribution >= 0.6 is 11.8 Å². The van der Waals surface area contributed by atoms with E-state index in [2.05, 4.69) is 27.2 Å². The predicted molar refractivity (Wildman–Crippen MR) is 86.8 cm³/mol. The molecule has 5 nitrogen and oxygen atoms in total. The topological polar surface area (TPSA) is 70.7 Å². The summed E-state index contributed by atoms with van der Waals surface area (Å²) in [7, 11) is 0. The Morgan fingerprint density at radius 1 is 1.33 bits per heavy atom. The molecule has 0 saturated heterocycles. The van der Waals surface area contributed by atoms with Crippen molar-refractivity contribution in [3.05, 3.63) is 46.0 Å². The molecule has 0 fully saturated rings. The fraction of sp³-hybridized carbons (Fsp3) is 0.400. The highest BCUT2D eigenvalue weighted by molar-refractivity contribution is 7.98. The molecule has 0 aliphatic carbocycles. The summed E-state index contributed by atoms with van der Waals surface area (Å²) >= 11 is 1.52. The second-order valence-corrected chi connectivity index (χ2v) is 5.63. The first-order valence-corrected chi connectivity index (χ1v) is 8.11. The molecule has 0 aliphatic heterocycles. The van der Waals surface area contributed by atoms with Crippen molar-refractivity contribution < 1.29 is 0 Å². The van der Waals surface area contributed by atoms with Crippen LogP contribution in [-0.4, -0.2) is 21.5 Å². The lowest BCUT2D eigenvalue weighted by atomic mass is 10.2. The van der Waals surface area contributed by atoms with E-state index in [1.807, 2.05) is 25.3 Å². The van der Waals surface area contributed by atoms with Crippen LogP contribution in [0.15, 0.2) is 34.3 Å². The number of hydrogen-bond acceptors (Lipinski definition) is 5. The average molecular weight is 304 g/mol. The number of aromatic amines is 1.